The Hall–Kier alpha value is -2.21. The standard InChI is InChI=1S/C19H27ClN4O2/c1-5-16-15(17(6-2)26-24-16)12-23-19(21-7-3)22-11-13-8-9-14(20)10-18(13)25-4/h8-10H,5-7,11-12H2,1-4H3,(H2,21,22,23). The molecule has 0 unspecified atom stereocenters. The molecule has 0 amide bonds. The summed E-state index contributed by atoms with van der Waals surface area (Å²) in [6.07, 6.45) is 1.66. The van der Waals surface area contributed by atoms with Gasteiger partial charge in [0, 0.05) is 35.7 Å². The zero-order valence-electron chi connectivity index (χ0n) is 15.9. The van der Waals surface area contributed by atoms with Crippen molar-refractivity contribution in [2.75, 3.05) is 13.7 Å². The van der Waals surface area contributed by atoms with E-state index in [1.165, 1.54) is 0 Å². The van der Waals surface area contributed by atoms with Gasteiger partial charge >= 0.3 is 0 Å². The highest BCUT2D eigenvalue weighted by Crippen LogP contribution is 2.23. The van der Waals surface area contributed by atoms with Crippen LogP contribution in [0.4, 0.5) is 0 Å². The zero-order valence-corrected chi connectivity index (χ0v) is 16.6. The SMILES string of the molecule is CCNC(=NCc1ccc(Cl)cc1OC)NCc1c(CC)noc1CC. The molecule has 2 N–H and O–H groups in total. The fourth-order valence-corrected chi connectivity index (χ4v) is 2.83. The second kappa shape index (κ2) is 10.1. The lowest BCUT2D eigenvalue weighted by atomic mass is 10.1. The lowest BCUT2D eigenvalue weighted by Gasteiger charge is -2.12. The van der Waals surface area contributed by atoms with Gasteiger partial charge in [0.25, 0.3) is 0 Å². The Morgan fingerprint density at radius 3 is 2.69 bits per heavy atom. The molecule has 7 heteroatoms. The van der Waals surface area contributed by atoms with E-state index in [1.807, 2.05) is 19.1 Å². The molecule has 0 radical (unpaired) electrons. The zero-order chi connectivity index (χ0) is 18.9. The van der Waals surface area contributed by atoms with Gasteiger partial charge in [0.15, 0.2) is 5.96 Å². The molecule has 0 aliphatic carbocycles. The van der Waals surface area contributed by atoms with Crippen LogP contribution >= 0.6 is 11.6 Å². The third-order valence-electron chi connectivity index (χ3n) is 4.04. The number of nitrogens with one attached hydrogen (secondary N) is 2. The summed E-state index contributed by atoms with van der Waals surface area (Å²) in [6.45, 7) is 8.06. The predicted octanol–water partition coefficient (Wildman–Crippen LogP) is 3.72. The maximum atomic E-state index is 6.02. The second-order valence-electron chi connectivity index (χ2n) is 5.74. The van der Waals surface area contributed by atoms with Gasteiger partial charge in [-0.1, -0.05) is 36.7 Å². The first-order valence-corrected chi connectivity index (χ1v) is 9.31. The van der Waals surface area contributed by atoms with E-state index < -0.39 is 0 Å². The number of hydrogen-bond donors (Lipinski definition) is 2. The summed E-state index contributed by atoms with van der Waals surface area (Å²) in [7, 11) is 1.63. The van der Waals surface area contributed by atoms with E-state index in [0.29, 0.717) is 18.1 Å². The van der Waals surface area contributed by atoms with Crippen LogP contribution in [0.1, 0.15) is 43.4 Å². The Bertz CT molecular complexity index is 722. The van der Waals surface area contributed by atoms with E-state index in [4.69, 9.17) is 20.9 Å². The van der Waals surface area contributed by atoms with Crippen LogP contribution < -0.4 is 15.4 Å². The molecule has 0 saturated carbocycles. The van der Waals surface area contributed by atoms with Crippen LogP contribution in [0.5, 0.6) is 5.75 Å². The molecule has 6 nitrogen and oxygen atoms in total. The number of aryl methyl sites for hydroxylation is 2. The quantitative estimate of drug-likeness (QED) is 0.541. The summed E-state index contributed by atoms with van der Waals surface area (Å²) in [5.41, 5.74) is 3.08. The lowest BCUT2D eigenvalue weighted by Crippen LogP contribution is -2.37. The average Bonchev–Trinajstić information content (AvgIpc) is 3.06. The molecule has 142 valence electrons. The maximum Gasteiger partial charge on any atom is 0.191 e. The molecule has 0 saturated heterocycles. The number of rotatable bonds is 8. The number of ether oxygens (including phenoxy) is 1. The minimum Gasteiger partial charge on any atom is -0.496 e. The summed E-state index contributed by atoms with van der Waals surface area (Å²) in [5, 5.41) is 11.4. The summed E-state index contributed by atoms with van der Waals surface area (Å²) < 4.78 is 10.8. The number of aromatic nitrogens is 1. The second-order valence-corrected chi connectivity index (χ2v) is 6.18. The number of benzene rings is 1. The smallest absolute Gasteiger partial charge is 0.191 e. The van der Waals surface area contributed by atoms with Crippen molar-refractivity contribution in [3.8, 4) is 5.75 Å². The van der Waals surface area contributed by atoms with Gasteiger partial charge in [0.1, 0.15) is 11.5 Å². The minimum absolute atomic E-state index is 0.487. The van der Waals surface area contributed by atoms with Crippen LogP contribution in [-0.2, 0) is 25.9 Å². The normalized spacial score (nSPS) is 11.5. The van der Waals surface area contributed by atoms with Crippen LogP contribution in [0.3, 0.4) is 0 Å². The number of nitrogens with zero attached hydrogens (tertiary/aromatic N) is 2. The van der Waals surface area contributed by atoms with Gasteiger partial charge in [-0.05, 0) is 25.5 Å². The van der Waals surface area contributed by atoms with Gasteiger partial charge in [0.05, 0.1) is 19.3 Å². The number of aliphatic imine (C=N–C) groups is 1. The molecule has 0 atom stereocenters. The predicted molar refractivity (Wildman–Crippen MR) is 105 cm³/mol. The maximum absolute atomic E-state index is 6.02. The van der Waals surface area contributed by atoms with E-state index in [0.717, 1.165) is 53.7 Å². The van der Waals surface area contributed by atoms with Crippen molar-refractivity contribution in [3.05, 3.63) is 45.8 Å². The third kappa shape index (κ3) is 5.14. The fraction of sp³-hybridized carbons (Fsp3) is 0.474. The molecule has 0 spiro atoms. The summed E-state index contributed by atoms with van der Waals surface area (Å²) in [6, 6.07) is 5.57. The van der Waals surface area contributed by atoms with Crippen molar-refractivity contribution in [3.63, 3.8) is 0 Å². The lowest BCUT2D eigenvalue weighted by molar-refractivity contribution is 0.380. The summed E-state index contributed by atoms with van der Waals surface area (Å²) >= 11 is 6.02. The van der Waals surface area contributed by atoms with Crippen LogP contribution in [0.25, 0.3) is 0 Å². The van der Waals surface area contributed by atoms with Crippen LogP contribution in [0.2, 0.25) is 5.02 Å². The molecule has 0 aliphatic rings. The Morgan fingerprint density at radius 2 is 2.04 bits per heavy atom. The monoisotopic (exact) mass is 378 g/mol. The Balaban J connectivity index is 2.11. The molecular formula is C19H27ClN4O2. The van der Waals surface area contributed by atoms with Gasteiger partial charge in [-0.3, -0.25) is 0 Å². The van der Waals surface area contributed by atoms with Crippen molar-refractivity contribution >= 4 is 17.6 Å². The molecule has 2 aromatic rings. The Labute approximate surface area is 160 Å². The molecule has 1 aromatic heterocycles. The molecular weight excluding hydrogens is 352 g/mol. The van der Waals surface area contributed by atoms with Crippen molar-refractivity contribution in [2.45, 2.75) is 46.7 Å². The number of halogens is 1. The molecule has 26 heavy (non-hydrogen) atoms. The van der Waals surface area contributed by atoms with E-state index >= 15 is 0 Å². The van der Waals surface area contributed by atoms with E-state index in [2.05, 4.69) is 34.6 Å². The Morgan fingerprint density at radius 1 is 1.23 bits per heavy atom. The minimum atomic E-state index is 0.487. The van der Waals surface area contributed by atoms with Crippen LogP contribution in [0, 0.1) is 0 Å². The highest BCUT2D eigenvalue weighted by molar-refractivity contribution is 6.30. The van der Waals surface area contributed by atoms with Crippen molar-refractivity contribution < 1.29 is 9.26 Å². The number of guanidine groups is 1. The van der Waals surface area contributed by atoms with Gasteiger partial charge < -0.3 is 19.9 Å². The van der Waals surface area contributed by atoms with Gasteiger partial charge in [-0.15, -0.1) is 0 Å². The van der Waals surface area contributed by atoms with Crippen molar-refractivity contribution in [2.24, 2.45) is 4.99 Å². The molecule has 2 rings (SSSR count). The largest absolute Gasteiger partial charge is 0.496 e. The van der Waals surface area contributed by atoms with Gasteiger partial charge in [0.2, 0.25) is 0 Å². The van der Waals surface area contributed by atoms with E-state index in [-0.39, 0.29) is 0 Å². The fourth-order valence-electron chi connectivity index (χ4n) is 2.66. The molecule has 0 aliphatic heterocycles. The van der Waals surface area contributed by atoms with E-state index in [1.54, 1.807) is 13.2 Å². The van der Waals surface area contributed by atoms with Crippen LogP contribution in [0.15, 0.2) is 27.7 Å². The molecule has 0 fully saturated rings. The highest BCUT2D eigenvalue weighted by Gasteiger charge is 2.13. The summed E-state index contributed by atoms with van der Waals surface area (Å²) in [5.74, 6) is 2.39. The van der Waals surface area contributed by atoms with Crippen LogP contribution in [-0.4, -0.2) is 24.8 Å². The molecule has 1 heterocycles. The Kier molecular flexibility index (Phi) is 7.78. The topological polar surface area (TPSA) is 71.7 Å². The number of methoxy groups -OCH3 is 1. The molecule has 1 aromatic carbocycles. The van der Waals surface area contributed by atoms with E-state index in [9.17, 15) is 0 Å². The third-order valence-corrected chi connectivity index (χ3v) is 4.28. The molecule has 0 bridgehead atoms. The first-order valence-electron chi connectivity index (χ1n) is 8.93. The van der Waals surface area contributed by atoms with Gasteiger partial charge in [-0.2, -0.15) is 0 Å². The first-order chi connectivity index (χ1) is 12.6. The average molecular weight is 379 g/mol. The highest BCUT2D eigenvalue weighted by atomic mass is 35.5. The van der Waals surface area contributed by atoms with Crippen molar-refractivity contribution in [1.82, 2.24) is 15.8 Å². The number of hydrogen-bond acceptors (Lipinski definition) is 4. The van der Waals surface area contributed by atoms with Gasteiger partial charge in [-0.25, -0.2) is 4.99 Å². The summed E-state index contributed by atoms with van der Waals surface area (Å²) in [4.78, 5) is 4.65. The first kappa shape index (κ1) is 20.1. The van der Waals surface area contributed by atoms with Crippen molar-refractivity contribution in [1.29, 1.82) is 0 Å².